The van der Waals surface area contributed by atoms with E-state index in [-0.39, 0.29) is 16.9 Å². The van der Waals surface area contributed by atoms with Gasteiger partial charge < -0.3 is 9.47 Å². The van der Waals surface area contributed by atoms with Gasteiger partial charge in [0.15, 0.2) is 17.9 Å². The molecule has 0 aliphatic rings. The van der Waals surface area contributed by atoms with E-state index < -0.39 is 30.4 Å². The largest absolute Gasteiger partial charge is 0.466 e. The van der Waals surface area contributed by atoms with Crippen LogP contribution in [0.1, 0.15) is 21.6 Å². The van der Waals surface area contributed by atoms with Crippen LogP contribution in [-0.2, 0) is 20.4 Å². The minimum Gasteiger partial charge on any atom is -0.466 e. The fourth-order valence-corrected chi connectivity index (χ4v) is 2.44. The lowest BCUT2D eigenvalue weighted by Crippen LogP contribution is -2.16. The van der Waals surface area contributed by atoms with Crippen molar-refractivity contribution in [3.8, 4) is 11.3 Å². The van der Waals surface area contributed by atoms with Gasteiger partial charge >= 0.3 is 18.1 Å². The normalized spacial score (nSPS) is 11.5. The molecule has 0 spiro atoms. The minimum atomic E-state index is -4.74. The summed E-state index contributed by atoms with van der Waals surface area (Å²) in [5, 5.41) is 3.62. The van der Waals surface area contributed by atoms with E-state index in [9.17, 15) is 22.8 Å². The average Bonchev–Trinajstić information content (AvgIpc) is 3.08. The van der Waals surface area contributed by atoms with Crippen molar-refractivity contribution in [1.29, 1.82) is 0 Å². The highest BCUT2D eigenvalue weighted by atomic mass is 19.4. The third kappa shape index (κ3) is 3.80. The molecule has 0 fully saturated rings. The molecule has 0 unspecified atom stereocenters. The summed E-state index contributed by atoms with van der Waals surface area (Å²) < 4.78 is 50.2. The number of carbonyl (C=O) groups excluding carboxylic acids is 2. The van der Waals surface area contributed by atoms with Gasteiger partial charge in [0.25, 0.3) is 0 Å². The molecule has 0 N–H and O–H groups in total. The van der Waals surface area contributed by atoms with Gasteiger partial charge in [-0.15, -0.1) is 0 Å². The average molecular weight is 393 g/mol. The molecule has 0 amide bonds. The summed E-state index contributed by atoms with van der Waals surface area (Å²) in [6, 6.07) is 7.57. The molecule has 0 aliphatic heterocycles. The van der Waals surface area contributed by atoms with Crippen molar-refractivity contribution in [1.82, 2.24) is 14.6 Å². The summed E-state index contributed by atoms with van der Waals surface area (Å²) in [7, 11) is 1.11. The summed E-state index contributed by atoms with van der Waals surface area (Å²) in [5.74, 6) is -1.85. The summed E-state index contributed by atoms with van der Waals surface area (Å²) in [4.78, 5) is 27.5. The number of benzene rings is 1. The number of alkyl halides is 3. The van der Waals surface area contributed by atoms with Crippen molar-refractivity contribution in [2.45, 2.75) is 13.1 Å². The van der Waals surface area contributed by atoms with Gasteiger partial charge in [0.05, 0.1) is 19.0 Å². The Morgan fingerprint density at radius 1 is 1.18 bits per heavy atom. The van der Waals surface area contributed by atoms with E-state index in [0.717, 1.165) is 24.9 Å². The van der Waals surface area contributed by atoms with Crippen LogP contribution in [0, 0.1) is 6.92 Å². The van der Waals surface area contributed by atoms with Crippen LogP contribution in [-0.4, -0.2) is 40.3 Å². The zero-order valence-corrected chi connectivity index (χ0v) is 14.8. The van der Waals surface area contributed by atoms with Crippen LogP contribution in [0.4, 0.5) is 13.2 Å². The number of ether oxygens (including phenoxy) is 2. The molecule has 0 atom stereocenters. The first-order valence-corrected chi connectivity index (χ1v) is 7.97. The Morgan fingerprint density at radius 3 is 2.46 bits per heavy atom. The maximum Gasteiger partial charge on any atom is 0.433 e. The van der Waals surface area contributed by atoms with Crippen LogP contribution in [0.25, 0.3) is 16.9 Å². The standard InChI is InChI=1S/C18H14F3N3O4/c1-10-3-5-11(6-4-10)13-7-14(18(19,20)21)24-16(23-13)12(8-22-24)17(26)28-9-15(25)27-2/h3-8H,9H2,1-2H3. The molecule has 28 heavy (non-hydrogen) atoms. The van der Waals surface area contributed by atoms with E-state index in [1.165, 1.54) is 0 Å². The highest BCUT2D eigenvalue weighted by Crippen LogP contribution is 2.32. The fraction of sp³-hybridized carbons (Fsp3) is 0.222. The van der Waals surface area contributed by atoms with Crippen LogP contribution in [0.5, 0.6) is 0 Å². The van der Waals surface area contributed by atoms with Gasteiger partial charge in [-0.05, 0) is 13.0 Å². The van der Waals surface area contributed by atoms with Crippen molar-refractivity contribution < 1.29 is 32.2 Å². The Morgan fingerprint density at radius 2 is 1.86 bits per heavy atom. The van der Waals surface area contributed by atoms with Gasteiger partial charge in [-0.2, -0.15) is 18.3 Å². The summed E-state index contributed by atoms with van der Waals surface area (Å²) in [6.45, 7) is 1.16. The minimum absolute atomic E-state index is 0.0161. The first kappa shape index (κ1) is 19.3. The fourth-order valence-electron chi connectivity index (χ4n) is 2.44. The number of hydrogen-bond acceptors (Lipinski definition) is 6. The van der Waals surface area contributed by atoms with Crippen molar-refractivity contribution in [3.63, 3.8) is 0 Å². The number of nitrogens with zero attached hydrogens (tertiary/aromatic N) is 3. The number of fused-ring (bicyclic) bond motifs is 1. The zero-order valence-electron chi connectivity index (χ0n) is 14.8. The maximum absolute atomic E-state index is 13.5. The van der Waals surface area contributed by atoms with Crippen molar-refractivity contribution in [2.75, 3.05) is 13.7 Å². The number of halogens is 3. The lowest BCUT2D eigenvalue weighted by molar-refractivity contribution is -0.144. The Bertz CT molecular complexity index is 1040. The predicted molar refractivity (Wildman–Crippen MR) is 90.5 cm³/mol. The number of aryl methyl sites for hydroxylation is 1. The summed E-state index contributed by atoms with van der Waals surface area (Å²) >= 11 is 0. The van der Waals surface area contributed by atoms with E-state index >= 15 is 0 Å². The van der Waals surface area contributed by atoms with Gasteiger partial charge in [-0.25, -0.2) is 19.1 Å². The van der Waals surface area contributed by atoms with Crippen LogP contribution in [0.3, 0.4) is 0 Å². The smallest absolute Gasteiger partial charge is 0.433 e. The molecule has 10 heteroatoms. The van der Waals surface area contributed by atoms with E-state index in [0.29, 0.717) is 10.1 Å². The van der Waals surface area contributed by atoms with E-state index in [4.69, 9.17) is 4.74 Å². The van der Waals surface area contributed by atoms with Crippen molar-refractivity contribution in [3.05, 3.63) is 53.3 Å². The molecule has 2 aromatic heterocycles. The lowest BCUT2D eigenvalue weighted by atomic mass is 10.1. The van der Waals surface area contributed by atoms with E-state index in [1.807, 2.05) is 6.92 Å². The van der Waals surface area contributed by atoms with Crippen molar-refractivity contribution >= 4 is 17.6 Å². The van der Waals surface area contributed by atoms with Gasteiger partial charge in [0.1, 0.15) is 5.56 Å². The molecular weight excluding hydrogens is 379 g/mol. The van der Waals surface area contributed by atoms with Gasteiger partial charge in [-0.1, -0.05) is 29.8 Å². The molecule has 146 valence electrons. The number of aromatic nitrogens is 3. The SMILES string of the molecule is COC(=O)COC(=O)c1cnn2c(C(F)(F)F)cc(-c3ccc(C)cc3)nc12. The number of rotatable bonds is 4. The molecule has 3 rings (SSSR count). The summed E-state index contributed by atoms with van der Waals surface area (Å²) in [5.41, 5.74) is -0.350. The number of hydrogen-bond donors (Lipinski definition) is 0. The van der Waals surface area contributed by atoms with Crippen LogP contribution < -0.4 is 0 Å². The maximum atomic E-state index is 13.5. The molecule has 2 heterocycles. The van der Waals surface area contributed by atoms with E-state index in [1.54, 1.807) is 24.3 Å². The highest BCUT2D eigenvalue weighted by molar-refractivity contribution is 5.96. The monoisotopic (exact) mass is 393 g/mol. The second-order valence-electron chi connectivity index (χ2n) is 5.84. The molecule has 0 aliphatic carbocycles. The third-order valence-corrected chi connectivity index (χ3v) is 3.88. The van der Waals surface area contributed by atoms with Gasteiger partial charge in [-0.3, -0.25) is 0 Å². The topological polar surface area (TPSA) is 82.8 Å². The van der Waals surface area contributed by atoms with Gasteiger partial charge in [0.2, 0.25) is 0 Å². The Kier molecular flexibility index (Phi) is 5.04. The second-order valence-corrected chi connectivity index (χ2v) is 5.84. The zero-order chi connectivity index (χ0) is 20.5. The molecular formula is C18H14F3N3O4. The van der Waals surface area contributed by atoms with Crippen molar-refractivity contribution in [2.24, 2.45) is 0 Å². The number of esters is 2. The molecule has 3 aromatic rings. The molecule has 0 saturated carbocycles. The Labute approximate surface area is 156 Å². The third-order valence-electron chi connectivity index (χ3n) is 3.88. The highest BCUT2D eigenvalue weighted by Gasteiger charge is 2.36. The van der Waals surface area contributed by atoms with Crippen LogP contribution in [0.15, 0.2) is 36.5 Å². The van der Waals surface area contributed by atoms with Crippen LogP contribution in [0.2, 0.25) is 0 Å². The molecule has 0 saturated heterocycles. The predicted octanol–water partition coefficient (Wildman–Crippen LogP) is 3.05. The Hall–Kier alpha value is -3.43. The quantitative estimate of drug-likeness (QED) is 0.634. The Balaban J connectivity index is 2.12. The molecule has 7 nitrogen and oxygen atoms in total. The van der Waals surface area contributed by atoms with Gasteiger partial charge in [0, 0.05) is 5.56 Å². The summed E-state index contributed by atoms with van der Waals surface area (Å²) in [6.07, 6.45) is -3.82. The first-order chi connectivity index (χ1) is 13.2. The van der Waals surface area contributed by atoms with Crippen LogP contribution >= 0.6 is 0 Å². The van der Waals surface area contributed by atoms with E-state index in [2.05, 4.69) is 14.8 Å². The molecule has 0 bridgehead atoms. The lowest BCUT2D eigenvalue weighted by Gasteiger charge is -2.11. The first-order valence-electron chi connectivity index (χ1n) is 7.97. The molecule has 1 aromatic carbocycles. The molecule has 0 radical (unpaired) electrons. The number of methoxy groups -OCH3 is 1. The number of carbonyl (C=O) groups is 2. The second kappa shape index (κ2) is 7.29.